The molecule has 5 nitrogen and oxygen atoms in total. The van der Waals surface area contributed by atoms with Gasteiger partial charge in [0, 0.05) is 12.8 Å². The Morgan fingerprint density at radius 2 is 1.94 bits per heavy atom. The number of carboxylic acids is 2. The Morgan fingerprint density at radius 3 is 2.50 bits per heavy atom. The van der Waals surface area contributed by atoms with Crippen molar-refractivity contribution in [2.45, 2.75) is 12.8 Å². The minimum atomic E-state index is -1.75. The Kier molecular flexibility index (Phi) is 3.54. The number of carbonyl (C=O) groups is 2. The van der Waals surface area contributed by atoms with Crippen molar-refractivity contribution >= 4 is 11.9 Å². The maximum absolute atomic E-state index is 11.0. The van der Waals surface area contributed by atoms with Crippen molar-refractivity contribution in [2.24, 2.45) is 5.41 Å². The molecular weight excluding hydrogens is 278 g/mol. The lowest BCUT2D eigenvalue weighted by molar-refractivity contribution is -0.592. The predicted molar refractivity (Wildman–Crippen MR) is 49.9 cm³/mol. The highest BCUT2D eigenvalue weighted by molar-refractivity contribution is 6.01. The summed E-state index contributed by atoms with van der Waals surface area (Å²) in [6.45, 7) is 0.879. The highest BCUT2D eigenvalue weighted by Gasteiger charge is 2.48. The third-order valence-corrected chi connectivity index (χ3v) is 3.02. The average Bonchev–Trinajstić information content (AvgIpc) is 2.62. The van der Waals surface area contributed by atoms with Gasteiger partial charge < -0.3 is 32.5 Å². The summed E-state index contributed by atoms with van der Waals surface area (Å²) in [7, 11) is 0. The van der Waals surface area contributed by atoms with Crippen molar-refractivity contribution in [1.82, 2.24) is 0 Å². The molecule has 0 saturated heterocycles. The van der Waals surface area contributed by atoms with E-state index >= 15 is 0 Å². The topological polar surface area (TPSA) is 91.2 Å². The fourth-order valence-electron chi connectivity index (χ4n) is 2.08. The largest absolute Gasteiger partial charge is 1.00 e. The van der Waals surface area contributed by atoms with Gasteiger partial charge in [0.15, 0.2) is 5.41 Å². The molecule has 0 spiro atoms. The molecule has 1 aliphatic carbocycles. The highest BCUT2D eigenvalue weighted by Crippen LogP contribution is 2.35. The number of hydrogen-bond acceptors (Lipinski definition) is 2. The molecule has 1 aliphatic heterocycles. The molecular formula is C10H12BrNO4. The van der Waals surface area contributed by atoms with Gasteiger partial charge in [0.05, 0.1) is 6.54 Å². The van der Waals surface area contributed by atoms with Crippen LogP contribution in [0.25, 0.3) is 0 Å². The number of allylic oxidation sites excluding steroid dienone is 1. The minimum Gasteiger partial charge on any atom is -1.00 e. The van der Waals surface area contributed by atoms with Crippen LogP contribution in [0.5, 0.6) is 0 Å². The summed E-state index contributed by atoms with van der Waals surface area (Å²) >= 11 is 0. The molecule has 0 aromatic rings. The number of quaternary nitrogens is 1. The average molecular weight is 290 g/mol. The van der Waals surface area contributed by atoms with E-state index in [1.807, 2.05) is 5.32 Å². The summed E-state index contributed by atoms with van der Waals surface area (Å²) < 4.78 is 0. The third kappa shape index (κ3) is 1.78. The van der Waals surface area contributed by atoms with Gasteiger partial charge in [0.1, 0.15) is 5.70 Å². The van der Waals surface area contributed by atoms with Crippen molar-refractivity contribution in [3.63, 3.8) is 0 Å². The molecule has 0 saturated carbocycles. The zero-order valence-electron chi connectivity index (χ0n) is 8.44. The monoisotopic (exact) mass is 289 g/mol. The Labute approximate surface area is 103 Å². The van der Waals surface area contributed by atoms with Gasteiger partial charge in [-0.3, -0.25) is 9.59 Å². The van der Waals surface area contributed by atoms with E-state index in [0.717, 1.165) is 24.2 Å². The molecule has 0 bridgehead atoms. The van der Waals surface area contributed by atoms with Crippen LogP contribution >= 0.6 is 0 Å². The number of nitrogens with two attached hydrogens (primary N) is 1. The van der Waals surface area contributed by atoms with E-state index in [1.54, 1.807) is 6.08 Å². The molecule has 0 aromatic carbocycles. The zero-order valence-corrected chi connectivity index (χ0v) is 10.0. The number of hydrogen-bond donors (Lipinski definition) is 3. The molecule has 0 amide bonds. The molecule has 4 N–H and O–H groups in total. The summed E-state index contributed by atoms with van der Waals surface area (Å²) in [5.41, 5.74) is 0.201. The first-order valence-corrected chi connectivity index (χ1v) is 4.77. The first kappa shape index (κ1) is 12.9. The Morgan fingerprint density at radius 1 is 1.31 bits per heavy atom. The molecule has 1 heterocycles. The zero-order chi connectivity index (χ0) is 11.1. The van der Waals surface area contributed by atoms with E-state index < -0.39 is 17.4 Å². The second-order valence-corrected chi connectivity index (χ2v) is 3.89. The first-order valence-electron chi connectivity index (χ1n) is 4.77. The highest BCUT2D eigenvalue weighted by atomic mass is 79.9. The second-order valence-electron chi connectivity index (χ2n) is 3.89. The molecule has 0 unspecified atom stereocenters. The standard InChI is InChI=1S/C10H11NO4.BrH/c12-8(13)10(9(14)15)3-1-7-6(5-10)2-4-11-7;/h1,3,11H,2,4-5H2,(H,12,13)(H,14,15);1H. The van der Waals surface area contributed by atoms with Gasteiger partial charge in [-0.15, -0.1) is 0 Å². The van der Waals surface area contributed by atoms with Crippen molar-refractivity contribution in [3.05, 3.63) is 23.4 Å². The molecule has 0 radical (unpaired) electrons. The van der Waals surface area contributed by atoms with E-state index in [2.05, 4.69) is 0 Å². The van der Waals surface area contributed by atoms with Gasteiger partial charge >= 0.3 is 11.9 Å². The van der Waals surface area contributed by atoms with Gasteiger partial charge in [-0.1, -0.05) is 0 Å². The molecule has 2 aliphatic rings. The first-order chi connectivity index (χ1) is 7.06. The normalized spacial score (nSPS) is 21.2. The summed E-state index contributed by atoms with van der Waals surface area (Å²) in [6, 6.07) is 0. The smallest absolute Gasteiger partial charge is 0.325 e. The summed E-state index contributed by atoms with van der Waals surface area (Å²) in [5, 5.41) is 20.0. The molecule has 0 aromatic heterocycles. The van der Waals surface area contributed by atoms with Gasteiger partial charge in [0.25, 0.3) is 0 Å². The van der Waals surface area contributed by atoms with Crippen molar-refractivity contribution in [1.29, 1.82) is 0 Å². The van der Waals surface area contributed by atoms with Crippen LogP contribution in [0.2, 0.25) is 0 Å². The van der Waals surface area contributed by atoms with Crippen molar-refractivity contribution in [2.75, 3.05) is 6.54 Å². The van der Waals surface area contributed by atoms with Crippen LogP contribution in [-0.4, -0.2) is 28.7 Å². The molecule has 16 heavy (non-hydrogen) atoms. The lowest BCUT2D eigenvalue weighted by Crippen LogP contribution is -3.00. The van der Waals surface area contributed by atoms with E-state index in [4.69, 9.17) is 10.2 Å². The summed E-state index contributed by atoms with van der Waals surface area (Å²) in [5.74, 6) is -2.57. The van der Waals surface area contributed by atoms with Gasteiger partial charge in [0.2, 0.25) is 0 Å². The molecule has 88 valence electrons. The van der Waals surface area contributed by atoms with Crippen molar-refractivity contribution < 1.29 is 42.1 Å². The van der Waals surface area contributed by atoms with Crippen molar-refractivity contribution in [3.8, 4) is 0 Å². The Balaban J connectivity index is 0.00000128. The Hall–Kier alpha value is -1.14. The predicted octanol–water partition coefficient (Wildman–Crippen LogP) is -3.67. The van der Waals surface area contributed by atoms with Crippen LogP contribution in [0.15, 0.2) is 23.4 Å². The van der Waals surface area contributed by atoms with Gasteiger partial charge in [-0.2, -0.15) is 0 Å². The van der Waals surface area contributed by atoms with E-state index in [-0.39, 0.29) is 23.4 Å². The molecule has 6 heteroatoms. The number of rotatable bonds is 2. The summed E-state index contributed by atoms with van der Waals surface area (Å²) in [4.78, 5) is 22.1. The molecule has 0 atom stereocenters. The molecule has 2 rings (SSSR count). The third-order valence-electron chi connectivity index (χ3n) is 3.02. The number of aliphatic carboxylic acids is 2. The maximum atomic E-state index is 11.0. The van der Waals surface area contributed by atoms with Crippen LogP contribution in [0.3, 0.4) is 0 Å². The van der Waals surface area contributed by atoms with E-state index in [9.17, 15) is 9.59 Å². The SMILES string of the molecule is O=C(O)C1(C(=O)O)C=CC2=C(CC[NH2+]2)C1.[Br-]. The van der Waals surface area contributed by atoms with E-state index in [1.165, 1.54) is 6.08 Å². The van der Waals surface area contributed by atoms with E-state index in [0.29, 0.717) is 0 Å². The Bertz CT molecular complexity index is 386. The lowest BCUT2D eigenvalue weighted by atomic mass is 9.77. The summed E-state index contributed by atoms with van der Waals surface area (Å²) in [6.07, 6.45) is 3.79. The fraction of sp³-hybridized carbons (Fsp3) is 0.400. The van der Waals surface area contributed by atoms with Gasteiger partial charge in [-0.25, -0.2) is 0 Å². The van der Waals surface area contributed by atoms with Crippen LogP contribution in [0.4, 0.5) is 0 Å². The maximum Gasteiger partial charge on any atom is 0.325 e. The fourth-order valence-corrected chi connectivity index (χ4v) is 2.08. The number of carboxylic acid groups (broad SMARTS) is 2. The van der Waals surface area contributed by atoms with Crippen LogP contribution in [-0.2, 0) is 9.59 Å². The van der Waals surface area contributed by atoms with Gasteiger partial charge in [-0.05, 0) is 17.7 Å². The quantitative estimate of drug-likeness (QED) is 0.457. The van der Waals surface area contributed by atoms with Crippen LogP contribution in [0, 0.1) is 5.41 Å². The minimum absolute atomic E-state index is 0. The second kappa shape index (κ2) is 4.39. The van der Waals surface area contributed by atoms with Crippen LogP contribution in [0.1, 0.15) is 12.8 Å². The molecule has 0 fully saturated rings. The lowest BCUT2D eigenvalue weighted by Gasteiger charge is -2.23. The van der Waals surface area contributed by atoms with Crippen LogP contribution < -0.4 is 22.3 Å². The number of halogens is 1.